The molecule has 0 aliphatic carbocycles. The number of para-hydroxylation sites is 1. The van der Waals surface area contributed by atoms with Gasteiger partial charge in [-0.3, -0.25) is 0 Å². The average molecular weight is 562 g/mol. The molecule has 0 N–H and O–H groups in total. The molecule has 2 heteroatoms. The minimum absolute atomic E-state index is 0.875. The van der Waals surface area contributed by atoms with Crippen LogP contribution in [-0.4, -0.2) is 0 Å². The van der Waals surface area contributed by atoms with Crippen LogP contribution >= 0.6 is 0 Å². The smallest absolute Gasteiger partial charge is 0.159 e. The highest BCUT2D eigenvalue weighted by atomic mass is 16.3. The van der Waals surface area contributed by atoms with E-state index < -0.39 is 0 Å². The van der Waals surface area contributed by atoms with E-state index in [1.165, 1.54) is 43.4 Å². The Kier molecular flexibility index (Phi) is 5.54. The fraction of sp³-hybridized carbons (Fsp3) is 0. The van der Waals surface area contributed by atoms with Crippen molar-refractivity contribution < 1.29 is 4.42 Å². The Morgan fingerprint density at radius 1 is 0.364 bits per heavy atom. The van der Waals surface area contributed by atoms with Crippen molar-refractivity contribution in [3.05, 3.63) is 164 Å². The number of anilines is 3. The Balaban J connectivity index is 1.38. The molecule has 2 nitrogen and oxygen atoms in total. The van der Waals surface area contributed by atoms with Crippen LogP contribution in [0.2, 0.25) is 0 Å². The number of furan rings is 1. The summed E-state index contributed by atoms with van der Waals surface area (Å²) in [6.07, 6.45) is 0. The second-order valence-corrected chi connectivity index (χ2v) is 11.4. The SMILES string of the molecule is c1ccc(-c2cccc(N(c3cc4ccccc4c4ccccc34)c3cccc4c3oc3cc5ccccc5cc34)c2)cc1. The highest BCUT2D eigenvalue weighted by molar-refractivity contribution is 6.17. The Bertz CT molecular complexity index is 2510. The van der Waals surface area contributed by atoms with E-state index in [1.54, 1.807) is 0 Å². The molecule has 206 valence electrons. The molecule has 0 spiro atoms. The fourth-order valence-corrected chi connectivity index (χ4v) is 6.73. The molecule has 0 fully saturated rings. The molecule has 44 heavy (non-hydrogen) atoms. The van der Waals surface area contributed by atoms with Gasteiger partial charge in [0.1, 0.15) is 5.58 Å². The van der Waals surface area contributed by atoms with E-state index in [4.69, 9.17) is 4.42 Å². The first-order chi connectivity index (χ1) is 21.8. The number of hydrogen-bond acceptors (Lipinski definition) is 2. The molecule has 0 unspecified atom stereocenters. The van der Waals surface area contributed by atoms with Crippen LogP contribution in [0, 0.1) is 0 Å². The molecule has 9 rings (SSSR count). The monoisotopic (exact) mass is 561 g/mol. The summed E-state index contributed by atoms with van der Waals surface area (Å²) in [5.74, 6) is 0. The summed E-state index contributed by atoms with van der Waals surface area (Å²) in [6.45, 7) is 0. The molecule has 0 saturated heterocycles. The molecule has 0 radical (unpaired) electrons. The van der Waals surface area contributed by atoms with Crippen molar-refractivity contribution in [1.82, 2.24) is 0 Å². The van der Waals surface area contributed by atoms with Gasteiger partial charge in [0.15, 0.2) is 5.58 Å². The summed E-state index contributed by atoms with van der Waals surface area (Å²) in [5, 5.41) is 9.49. The van der Waals surface area contributed by atoms with Crippen LogP contribution in [-0.2, 0) is 0 Å². The van der Waals surface area contributed by atoms with Gasteiger partial charge in [-0.1, -0.05) is 127 Å². The van der Waals surface area contributed by atoms with Crippen LogP contribution in [0.4, 0.5) is 17.1 Å². The summed E-state index contributed by atoms with van der Waals surface area (Å²) >= 11 is 0. The number of rotatable bonds is 4. The maximum atomic E-state index is 6.79. The molecule has 0 atom stereocenters. The Labute approximate surface area is 255 Å². The summed E-state index contributed by atoms with van der Waals surface area (Å²) in [5.41, 5.74) is 7.32. The lowest BCUT2D eigenvalue weighted by molar-refractivity contribution is 0.669. The molecule has 0 aliphatic heterocycles. The molecule has 0 bridgehead atoms. The fourth-order valence-electron chi connectivity index (χ4n) is 6.73. The van der Waals surface area contributed by atoms with E-state index in [-0.39, 0.29) is 0 Å². The third-order valence-corrected chi connectivity index (χ3v) is 8.78. The predicted octanol–water partition coefficient (Wildman–Crippen LogP) is 12.2. The summed E-state index contributed by atoms with van der Waals surface area (Å²) < 4.78 is 6.79. The van der Waals surface area contributed by atoms with Crippen molar-refractivity contribution >= 4 is 71.3 Å². The van der Waals surface area contributed by atoms with E-state index in [1.807, 2.05) is 0 Å². The largest absolute Gasteiger partial charge is 0.454 e. The molecule has 0 aliphatic rings. The number of benzene rings is 8. The Morgan fingerprint density at radius 2 is 1.00 bits per heavy atom. The standard InChI is InChI=1S/C42H27NO/c1-2-12-28(13-3-1)29-17-10-18-33(24-29)43(40-26-32-16-6-7-19-34(32)35-20-8-9-21-36(35)40)39-23-11-22-37-38-25-30-14-4-5-15-31(30)27-41(38)44-42(37)39/h1-27H. The van der Waals surface area contributed by atoms with Crippen LogP contribution < -0.4 is 4.90 Å². The van der Waals surface area contributed by atoms with Gasteiger partial charge in [-0.05, 0) is 74.5 Å². The van der Waals surface area contributed by atoms with Gasteiger partial charge in [0.05, 0.1) is 11.4 Å². The zero-order valence-corrected chi connectivity index (χ0v) is 23.9. The van der Waals surface area contributed by atoms with Gasteiger partial charge in [-0.25, -0.2) is 0 Å². The minimum atomic E-state index is 0.875. The quantitative estimate of drug-likeness (QED) is 0.199. The molecule has 0 saturated carbocycles. The van der Waals surface area contributed by atoms with Gasteiger partial charge in [-0.2, -0.15) is 0 Å². The Hall–Kier alpha value is -5.86. The number of nitrogens with zero attached hydrogens (tertiary/aromatic N) is 1. The van der Waals surface area contributed by atoms with Crippen LogP contribution in [0.1, 0.15) is 0 Å². The summed E-state index contributed by atoms with van der Waals surface area (Å²) in [4.78, 5) is 2.38. The van der Waals surface area contributed by atoms with Crippen molar-refractivity contribution in [1.29, 1.82) is 0 Å². The van der Waals surface area contributed by atoms with Crippen molar-refractivity contribution in [2.75, 3.05) is 4.90 Å². The highest BCUT2D eigenvalue weighted by Gasteiger charge is 2.22. The maximum absolute atomic E-state index is 6.79. The molecule has 8 aromatic carbocycles. The van der Waals surface area contributed by atoms with Crippen LogP contribution in [0.5, 0.6) is 0 Å². The zero-order valence-electron chi connectivity index (χ0n) is 23.9. The first-order valence-electron chi connectivity index (χ1n) is 15.0. The molecule has 1 aromatic heterocycles. The molecular weight excluding hydrogens is 534 g/mol. The van der Waals surface area contributed by atoms with Gasteiger partial charge in [0.25, 0.3) is 0 Å². The van der Waals surface area contributed by atoms with Gasteiger partial charge in [-0.15, -0.1) is 0 Å². The first-order valence-corrected chi connectivity index (χ1v) is 15.0. The van der Waals surface area contributed by atoms with Crippen molar-refractivity contribution in [2.24, 2.45) is 0 Å². The molecule has 9 aromatic rings. The second kappa shape index (κ2) is 9.86. The van der Waals surface area contributed by atoms with Crippen molar-refractivity contribution in [2.45, 2.75) is 0 Å². The van der Waals surface area contributed by atoms with E-state index in [9.17, 15) is 0 Å². The van der Waals surface area contributed by atoms with E-state index in [0.29, 0.717) is 0 Å². The van der Waals surface area contributed by atoms with Crippen molar-refractivity contribution in [3.8, 4) is 11.1 Å². The number of fused-ring (bicyclic) bond motifs is 7. The lowest BCUT2D eigenvalue weighted by Crippen LogP contribution is -2.11. The van der Waals surface area contributed by atoms with Crippen LogP contribution in [0.25, 0.3) is 65.4 Å². The van der Waals surface area contributed by atoms with E-state index in [0.717, 1.165) is 39.0 Å². The minimum Gasteiger partial charge on any atom is -0.454 e. The topological polar surface area (TPSA) is 16.4 Å². The summed E-state index contributed by atoms with van der Waals surface area (Å²) in [6, 6.07) is 58.5. The summed E-state index contributed by atoms with van der Waals surface area (Å²) in [7, 11) is 0. The van der Waals surface area contributed by atoms with Gasteiger partial charge in [0.2, 0.25) is 0 Å². The predicted molar refractivity (Wildman–Crippen MR) is 186 cm³/mol. The average Bonchev–Trinajstić information content (AvgIpc) is 3.46. The Morgan fingerprint density at radius 3 is 1.84 bits per heavy atom. The number of hydrogen-bond donors (Lipinski definition) is 0. The molecular formula is C42H27NO. The van der Waals surface area contributed by atoms with E-state index in [2.05, 4.69) is 169 Å². The van der Waals surface area contributed by atoms with E-state index >= 15 is 0 Å². The maximum Gasteiger partial charge on any atom is 0.159 e. The third-order valence-electron chi connectivity index (χ3n) is 8.78. The third kappa shape index (κ3) is 3.89. The van der Waals surface area contributed by atoms with Crippen molar-refractivity contribution in [3.63, 3.8) is 0 Å². The van der Waals surface area contributed by atoms with Crippen LogP contribution in [0.15, 0.2) is 168 Å². The van der Waals surface area contributed by atoms with Gasteiger partial charge >= 0.3 is 0 Å². The van der Waals surface area contributed by atoms with Crippen LogP contribution in [0.3, 0.4) is 0 Å². The molecule has 0 amide bonds. The second-order valence-electron chi connectivity index (χ2n) is 11.4. The lowest BCUT2D eigenvalue weighted by atomic mass is 9.98. The van der Waals surface area contributed by atoms with Gasteiger partial charge < -0.3 is 9.32 Å². The normalized spacial score (nSPS) is 11.6. The lowest BCUT2D eigenvalue weighted by Gasteiger charge is -2.28. The molecule has 1 heterocycles. The van der Waals surface area contributed by atoms with Gasteiger partial charge in [0, 0.05) is 21.8 Å². The highest BCUT2D eigenvalue weighted by Crippen LogP contribution is 2.46. The zero-order chi connectivity index (χ0) is 29.0. The first kappa shape index (κ1) is 24.7.